The molecule has 38 heavy (non-hydrogen) atoms. The van der Waals surface area contributed by atoms with Crippen LogP contribution in [0.1, 0.15) is 47.4 Å². The van der Waals surface area contributed by atoms with E-state index in [2.05, 4.69) is 12.1 Å². The molecule has 0 spiro atoms. The average molecular weight is 519 g/mol. The number of methoxy groups -OCH3 is 1. The van der Waals surface area contributed by atoms with Crippen LogP contribution in [-0.4, -0.2) is 39.0 Å². The highest BCUT2D eigenvalue weighted by molar-refractivity contribution is 5.73. The van der Waals surface area contributed by atoms with Crippen molar-refractivity contribution >= 4 is 5.97 Å². The zero-order chi connectivity index (χ0) is 26.1. The maximum atomic E-state index is 15.1. The van der Waals surface area contributed by atoms with Crippen LogP contribution in [0, 0.1) is 5.82 Å². The van der Waals surface area contributed by atoms with Gasteiger partial charge in [-0.25, -0.2) is 4.39 Å². The second kappa shape index (κ2) is 10.7. The number of benzene rings is 3. The Bertz CT molecular complexity index is 1350. The van der Waals surface area contributed by atoms with Crippen molar-refractivity contribution in [3.63, 3.8) is 0 Å². The van der Waals surface area contributed by atoms with Crippen molar-refractivity contribution in [3.05, 3.63) is 76.6 Å². The van der Waals surface area contributed by atoms with E-state index in [1.165, 1.54) is 12.7 Å². The van der Waals surface area contributed by atoms with E-state index in [1.54, 1.807) is 12.1 Å². The van der Waals surface area contributed by atoms with E-state index in [0.29, 0.717) is 30.3 Å². The van der Waals surface area contributed by atoms with Crippen LogP contribution >= 0.6 is 0 Å². The van der Waals surface area contributed by atoms with Crippen LogP contribution in [0.4, 0.5) is 4.39 Å². The lowest BCUT2D eigenvalue weighted by atomic mass is 9.94. The lowest BCUT2D eigenvalue weighted by Crippen LogP contribution is -2.15. The fourth-order valence-electron chi connectivity index (χ4n) is 5.57. The van der Waals surface area contributed by atoms with Crippen molar-refractivity contribution in [1.82, 2.24) is 0 Å². The second-order valence-electron chi connectivity index (χ2n) is 10.2. The first-order valence-electron chi connectivity index (χ1n) is 13.2. The Morgan fingerprint density at radius 1 is 1.00 bits per heavy atom. The van der Waals surface area contributed by atoms with Crippen molar-refractivity contribution in [1.29, 1.82) is 0 Å². The predicted molar refractivity (Wildman–Crippen MR) is 139 cm³/mol. The summed E-state index contributed by atoms with van der Waals surface area (Å²) in [4.78, 5) is 11.7. The molecule has 0 amide bonds. The fourth-order valence-corrected chi connectivity index (χ4v) is 5.57. The van der Waals surface area contributed by atoms with Crippen molar-refractivity contribution in [3.8, 4) is 28.4 Å². The quantitative estimate of drug-likeness (QED) is 0.370. The van der Waals surface area contributed by atoms with Crippen molar-refractivity contribution < 1.29 is 32.9 Å². The summed E-state index contributed by atoms with van der Waals surface area (Å²) >= 11 is 0. The summed E-state index contributed by atoms with van der Waals surface area (Å²) in [6.45, 7) is 1.90. The summed E-state index contributed by atoms with van der Waals surface area (Å²) in [6, 6.07) is 15.4. The molecule has 2 aliphatic heterocycles. The molecule has 1 aliphatic carbocycles. The fraction of sp³-hybridized carbons (Fsp3) is 0.387. The first-order chi connectivity index (χ1) is 18.6. The smallest absolute Gasteiger partial charge is 0.306 e. The number of halogens is 1. The maximum Gasteiger partial charge on any atom is 0.306 e. The number of ether oxygens (including phenoxy) is 5. The molecule has 0 radical (unpaired) electrons. The van der Waals surface area contributed by atoms with Gasteiger partial charge in [-0.05, 0) is 71.8 Å². The lowest BCUT2D eigenvalue weighted by molar-refractivity contribution is -0.141. The molecule has 6 rings (SSSR count). The van der Waals surface area contributed by atoms with Crippen molar-refractivity contribution in [2.75, 3.05) is 26.9 Å². The van der Waals surface area contributed by atoms with Crippen molar-refractivity contribution in [2.45, 2.75) is 50.7 Å². The van der Waals surface area contributed by atoms with E-state index < -0.39 is 0 Å². The van der Waals surface area contributed by atoms with Crippen LogP contribution in [0.15, 0.2) is 48.5 Å². The second-order valence-corrected chi connectivity index (χ2v) is 10.2. The first-order valence-corrected chi connectivity index (χ1v) is 13.2. The van der Waals surface area contributed by atoms with Gasteiger partial charge in [-0.3, -0.25) is 4.79 Å². The molecule has 0 aromatic heterocycles. The summed E-state index contributed by atoms with van der Waals surface area (Å²) in [5.41, 5.74) is 5.87. The minimum Gasteiger partial charge on any atom is -0.492 e. The molecule has 1 fully saturated rings. The van der Waals surface area contributed by atoms with Crippen LogP contribution < -0.4 is 14.2 Å². The highest BCUT2D eigenvalue weighted by atomic mass is 19.1. The molecule has 1 saturated heterocycles. The molecule has 0 bridgehead atoms. The number of carbonyl (C=O) groups is 1. The Morgan fingerprint density at radius 3 is 2.66 bits per heavy atom. The highest BCUT2D eigenvalue weighted by Gasteiger charge is 2.27. The average Bonchev–Trinajstić information content (AvgIpc) is 3.54. The third-order valence-electron chi connectivity index (χ3n) is 7.62. The third kappa shape index (κ3) is 5.07. The monoisotopic (exact) mass is 518 g/mol. The molecular weight excluding hydrogens is 487 g/mol. The molecule has 0 saturated carbocycles. The normalized spacial score (nSPS) is 19.5. The summed E-state index contributed by atoms with van der Waals surface area (Å²) < 4.78 is 43.2. The van der Waals surface area contributed by atoms with E-state index in [-0.39, 0.29) is 36.8 Å². The van der Waals surface area contributed by atoms with Gasteiger partial charge in [-0.15, -0.1) is 0 Å². The minimum atomic E-state index is -0.265. The number of fused-ring (bicyclic) bond motifs is 4. The topological polar surface area (TPSA) is 63.2 Å². The standard InChI is InChI=1S/C31H31FO6/c1-34-31(33)14-21-16-37-30-15-23(5-8-27(21)30)36-17-22-12-28-20(13-29(22)32)4-2-3-19-11-24(6-7-26(19)28)38-25-9-10-35-18-25/h5-8,11-13,15,21,25H,2-4,9-10,14,16-18H2,1H3/t21-,25?/m1/s1. The minimum absolute atomic E-state index is 0.0361. The van der Waals surface area contributed by atoms with E-state index in [9.17, 15) is 4.79 Å². The van der Waals surface area contributed by atoms with Gasteiger partial charge in [0.05, 0.1) is 33.4 Å². The number of carbonyl (C=O) groups excluding carboxylic acids is 1. The lowest BCUT2D eigenvalue weighted by Gasteiger charge is -2.16. The predicted octanol–water partition coefficient (Wildman–Crippen LogP) is 5.77. The molecule has 7 heteroatoms. The van der Waals surface area contributed by atoms with E-state index in [1.807, 2.05) is 24.3 Å². The summed E-state index contributed by atoms with van der Waals surface area (Å²) in [5, 5.41) is 0. The van der Waals surface area contributed by atoms with Crippen LogP contribution in [0.25, 0.3) is 11.1 Å². The molecule has 2 atom stereocenters. The summed E-state index contributed by atoms with van der Waals surface area (Å²) in [5.74, 6) is 1.58. The molecule has 0 N–H and O–H groups in total. The zero-order valence-corrected chi connectivity index (χ0v) is 21.5. The van der Waals surface area contributed by atoms with Gasteiger partial charge in [0.1, 0.15) is 35.8 Å². The SMILES string of the molecule is COC(=O)C[C@@H]1COc2cc(OCc3cc4c(cc3F)CCCc3cc(OC5CCOC5)ccc3-4)ccc21. The van der Waals surface area contributed by atoms with E-state index in [4.69, 9.17) is 23.7 Å². The zero-order valence-electron chi connectivity index (χ0n) is 21.5. The molecule has 6 nitrogen and oxygen atoms in total. The Labute approximate surface area is 221 Å². The molecule has 3 aromatic rings. The van der Waals surface area contributed by atoms with Gasteiger partial charge in [0.15, 0.2) is 0 Å². The van der Waals surface area contributed by atoms with Crippen LogP contribution in [0.3, 0.4) is 0 Å². The third-order valence-corrected chi connectivity index (χ3v) is 7.62. The number of aryl methyl sites for hydroxylation is 2. The van der Waals surface area contributed by atoms with Gasteiger partial charge < -0.3 is 23.7 Å². The van der Waals surface area contributed by atoms with Crippen molar-refractivity contribution in [2.24, 2.45) is 0 Å². The van der Waals surface area contributed by atoms with Gasteiger partial charge in [0.25, 0.3) is 0 Å². The molecule has 1 unspecified atom stereocenters. The summed E-state index contributed by atoms with van der Waals surface area (Å²) in [7, 11) is 1.38. The highest BCUT2D eigenvalue weighted by Crippen LogP contribution is 2.39. The van der Waals surface area contributed by atoms with Gasteiger partial charge in [-0.2, -0.15) is 0 Å². The first kappa shape index (κ1) is 24.7. The number of esters is 1. The van der Waals surface area contributed by atoms with Gasteiger partial charge in [0.2, 0.25) is 0 Å². The van der Waals surface area contributed by atoms with Gasteiger partial charge >= 0.3 is 5.97 Å². The molecule has 2 heterocycles. The Kier molecular flexibility index (Phi) is 6.94. The van der Waals surface area contributed by atoms with E-state index >= 15 is 4.39 Å². The molecule has 3 aromatic carbocycles. The maximum absolute atomic E-state index is 15.1. The number of rotatable bonds is 7. The molecular formula is C31H31FO6. The van der Waals surface area contributed by atoms with Gasteiger partial charge in [-0.1, -0.05) is 12.1 Å². The molecule has 198 valence electrons. The summed E-state index contributed by atoms with van der Waals surface area (Å²) in [6.07, 6.45) is 3.98. The number of hydrogen-bond donors (Lipinski definition) is 0. The Balaban J connectivity index is 1.20. The van der Waals surface area contributed by atoms with E-state index in [0.717, 1.165) is 60.3 Å². The largest absolute Gasteiger partial charge is 0.492 e. The number of hydrogen-bond acceptors (Lipinski definition) is 6. The molecule has 3 aliphatic rings. The van der Waals surface area contributed by atoms with Crippen LogP contribution in [-0.2, 0) is 33.7 Å². The van der Waals surface area contributed by atoms with Gasteiger partial charge in [0, 0.05) is 29.5 Å². The van der Waals surface area contributed by atoms with Crippen LogP contribution in [0.5, 0.6) is 17.2 Å². The Hall–Kier alpha value is -3.58. The van der Waals surface area contributed by atoms with Crippen LogP contribution in [0.2, 0.25) is 0 Å². The Morgan fingerprint density at radius 2 is 1.84 bits per heavy atom.